The molecule has 6 heteroatoms. The predicted molar refractivity (Wildman–Crippen MR) is 81.0 cm³/mol. The van der Waals surface area contributed by atoms with E-state index in [1.165, 1.54) is 0 Å². The van der Waals surface area contributed by atoms with Gasteiger partial charge in [-0.05, 0) is 30.5 Å². The van der Waals surface area contributed by atoms with Crippen molar-refractivity contribution in [3.05, 3.63) is 42.4 Å². The normalized spacial score (nSPS) is 18.0. The van der Waals surface area contributed by atoms with Crippen molar-refractivity contribution in [2.45, 2.75) is 25.4 Å². The highest BCUT2D eigenvalue weighted by Crippen LogP contribution is 2.22. The molecule has 0 aliphatic carbocycles. The van der Waals surface area contributed by atoms with Gasteiger partial charge in [-0.2, -0.15) is 4.98 Å². The number of nitrogens with one attached hydrogen (secondary N) is 1. The number of nitrogens with zero attached hydrogens (tertiary/aromatic N) is 4. The van der Waals surface area contributed by atoms with Crippen LogP contribution in [-0.4, -0.2) is 39.3 Å². The van der Waals surface area contributed by atoms with Crippen molar-refractivity contribution in [3.8, 4) is 0 Å². The van der Waals surface area contributed by atoms with Gasteiger partial charge in [0.05, 0.1) is 12.6 Å². The lowest BCUT2D eigenvalue weighted by molar-refractivity contribution is 0.265. The van der Waals surface area contributed by atoms with Crippen molar-refractivity contribution in [3.63, 3.8) is 0 Å². The monoisotopic (exact) mass is 285 g/mol. The Hall–Kier alpha value is -2.21. The molecule has 1 aliphatic rings. The van der Waals surface area contributed by atoms with Crippen LogP contribution in [0.4, 0.5) is 11.8 Å². The van der Waals surface area contributed by atoms with E-state index >= 15 is 0 Å². The first kappa shape index (κ1) is 13.8. The zero-order valence-electron chi connectivity index (χ0n) is 11.8. The molecule has 2 N–H and O–H groups in total. The lowest BCUT2D eigenvalue weighted by atomic mass is 10.2. The molecular weight excluding hydrogens is 266 g/mol. The standard InChI is InChI=1S/C15H19N5O/c21-11-13-4-2-8-20(13)15-17-7-5-14(19-15)18-10-12-3-1-6-16-9-12/h1,3,5-7,9,13,21H,2,4,8,10-11H2,(H,17,18,19). The molecule has 6 nitrogen and oxygen atoms in total. The Labute approximate surface area is 123 Å². The minimum atomic E-state index is 0.138. The third-order valence-corrected chi connectivity index (χ3v) is 3.68. The van der Waals surface area contributed by atoms with E-state index in [4.69, 9.17) is 0 Å². The van der Waals surface area contributed by atoms with Gasteiger partial charge in [0.1, 0.15) is 5.82 Å². The van der Waals surface area contributed by atoms with E-state index in [0.29, 0.717) is 12.5 Å². The summed E-state index contributed by atoms with van der Waals surface area (Å²) in [7, 11) is 0. The minimum absolute atomic E-state index is 0.138. The Morgan fingerprint density at radius 3 is 3.10 bits per heavy atom. The summed E-state index contributed by atoms with van der Waals surface area (Å²) in [6, 6.07) is 5.92. The second-order valence-corrected chi connectivity index (χ2v) is 5.13. The van der Waals surface area contributed by atoms with Gasteiger partial charge >= 0.3 is 0 Å². The molecule has 1 atom stereocenters. The summed E-state index contributed by atoms with van der Waals surface area (Å²) in [6.45, 7) is 1.72. The van der Waals surface area contributed by atoms with Crippen LogP contribution in [0.25, 0.3) is 0 Å². The summed E-state index contributed by atoms with van der Waals surface area (Å²) in [4.78, 5) is 15.0. The van der Waals surface area contributed by atoms with Gasteiger partial charge < -0.3 is 15.3 Å². The summed E-state index contributed by atoms with van der Waals surface area (Å²) < 4.78 is 0. The van der Waals surface area contributed by atoms with E-state index in [1.54, 1.807) is 12.4 Å². The zero-order valence-corrected chi connectivity index (χ0v) is 11.8. The van der Waals surface area contributed by atoms with Crippen molar-refractivity contribution in [1.82, 2.24) is 15.0 Å². The lowest BCUT2D eigenvalue weighted by Crippen LogP contribution is -2.33. The first-order valence-electron chi connectivity index (χ1n) is 7.20. The van der Waals surface area contributed by atoms with E-state index in [9.17, 15) is 5.11 Å². The number of aliphatic hydroxyl groups is 1. The molecule has 0 spiro atoms. The van der Waals surface area contributed by atoms with Gasteiger partial charge in [0.2, 0.25) is 5.95 Å². The van der Waals surface area contributed by atoms with Gasteiger partial charge in [-0.25, -0.2) is 4.98 Å². The van der Waals surface area contributed by atoms with Crippen LogP contribution in [0.5, 0.6) is 0 Å². The summed E-state index contributed by atoms with van der Waals surface area (Å²) >= 11 is 0. The van der Waals surface area contributed by atoms with Crippen molar-refractivity contribution in [2.24, 2.45) is 0 Å². The number of hydrogen-bond acceptors (Lipinski definition) is 6. The first-order chi connectivity index (χ1) is 10.4. The number of aromatic nitrogens is 3. The number of rotatable bonds is 5. The van der Waals surface area contributed by atoms with Gasteiger partial charge in [0.25, 0.3) is 0 Å². The Morgan fingerprint density at radius 2 is 2.29 bits per heavy atom. The van der Waals surface area contributed by atoms with E-state index in [2.05, 4.69) is 25.2 Å². The molecule has 1 aliphatic heterocycles. The lowest BCUT2D eigenvalue weighted by Gasteiger charge is -2.23. The van der Waals surface area contributed by atoms with Gasteiger partial charge in [0.15, 0.2) is 0 Å². The van der Waals surface area contributed by atoms with Crippen LogP contribution in [0.15, 0.2) is 36.8 Å². The fourth-order valence-corrected chi connectivity index (χ4v) is 2.57. The number of hydrogen-bond donors (Lipinski definition) is 2. The smallest absolute Gasteiger partial charge is 0.227 e. The second kappa shape index (κ2) is 6.49. The molecule has 2 aromatic heterocycles. The molecule has 1 fully saturated rings. The molecule has 0 aromatic carbocycles. The molecule has 0 radical (unpaired) electrons. The summed E-state index contributed by atoms with van der Waals surface area (Å²) in [6.07, 6.45) is 7.40. The van der Waals surface area contributed by atoms with Crippen LogP contribution in [-0.2, 0) is 6.54 Å². The number of anilines is 2. The topological polar surface area (TPSA) is 74.2 Å². The predicted octanol–water partition coefficient (Wildman–Crippen LogP) is 1.44. The highest BCUT2D eigenvalue weighted by atomic mass is 16.3. The third kappa shape index (κ3) is 3.28. The Morgan fingerprint density at radius 1 is 1.33 bits per heavy atom. The average molecular weight is 285 g/mol. The largest absolute Gasteiger partial charge is 0.394 e. The van der Waals surface area contributed by atoms with E-state index in [0.717, 1.165) is 30.8 Å². The summed E-state index contributed by atoms with van der Waals surface area (Å²) in [5.74, 6) is 1.47. The molecule has 21 heavy (non-hydrogen) atoms. The number of pyridine rings is 1. The molecule has 1 unspecified atom stereocenters. The average Bonchev–Trinajstić information content (AvgIpc) is 3.03. The highest BCUT2D eigenvalue weighted by molar-refractivity contribution is 5.43. The summed E-state index contributed by atoms with van der Waals surface area (Å²) in [5.41, 5.74) is 1.10. The van der Waals surface area contributed by atoms with Gasteiger partial charge in [-0.3, -0.25) is 4.98 Å². The summed E-state index contributed by atoms with van der Waals surface area (Å²) in [5, 5.41) is 12.7. The first-order valence-corrected chi connectivity index (χ1v) is 7.20. The minimum Gasteiger partial charge on any atom is -0.394 e. The van der Waals surface area contributed by atoms with E-state index in [-0.39, 0.29) is 12.6 Å². The molecule has 3 heterocycles. The van der Waals surface area contributed by atoms with Gasteiger partial charge in [0, 0.05) is 31.7 Å². The van der Waals surface area contributed by atoms with Crippen LogP contribution >= 0.6 is 0 Å². The zero-order chi connectivity index (χ0) is 14.5. The van der Waals surface area contributed by atoms with Crippen molar-refractivity contribution >= 4 is 11.8 Å². The maximum absolute atomic E-state index is 9.40. The second-order valence-electron chi connectivity index (χ2n) is 5.13. The van der Waals surface area contributed by atoms with Gasteiger partial charge in [-0.1, -0.05) is 6.07 Å². The molecule has 2 aromatic rings. The van der Waals surface area contributed by atoms with Crippen LogP contribution in [0.2, 0.25) is 0 Å². The molecule has 0 bridgehead atoms. The Kier molecular flexibility index (Phi) is 4.25. The van der Waals surface area contributed by atoms with Crippen LogP contribution in [0.1, 0.15) is 18.4 Å². The molecule has 0 saturated carbocycles. The van der Waals surface area contributed by atoms with Gasteiger partial charge in [-0.15, -0.1) is 0 Å². The van der Waals surface area contributed by atoms with E-state index < -0.39 is 0 Å². The fourth-order valence-electron chi connectivity index (χ4n) is 2.57. The molecule has 1 saturated heterocycles. The van der Waals surface area contributed by atoms with E-state index in [1.807, 2.05) is 24.4 Å². The maximum atomic E-state index is 9.40. The quantitative estimate of drug-likeness (QED) is 0.866. The molecule has 3 rings (SSSR count). The van der Waals surface area contributed by atoms with Crippen molar-refractivity contribution in [1.29, 1.82) is 0 Å². The Balaban J connectivity index is 1.68. The molecular formula is C15H19N5O. The molecule has 0 amide bonds. The SMILES string of the molecule is OCC1CCCN1c1nccc(NCc2cccnc2)n1. The van der Waals surface area contributed by atoms with Crippen LogP contribution in [0, 0.1) is 0 Å². The Bertz CT molecular complexity index is 577. The molecule has 110 valence electrons. The third-order valence-electron chi connectivity index (χ3n) is 3.68. The van der Waals surface area contributed by atoms with Crippen molar-refractivity contribution in [2.75, 3.05) is 23.4 Å². The maximum Gasteiger partial charge on any atom is 0.227 e. The fraction of sp³-hybridized carbons (Fsp3) is 0.400. The van der Waals surface area contributed by atoms with Crippen molar-refractivity contribution < 1.29 is 5.11 Å². The highest BCUT2D eigenvalue weighted by Gasteiger charge is 2.25. The van der Waals surface area contributed by atoms with Crippen LogP contribution < -0.4 is 10.2 Å². The number of aliphatic hydroxyl groups excluding tert-OH is 1. The van der Waals surface area contributed by atoms with Crippen LogP contribution in [0.3, 0.4) is 0 Å².